The zero-order chi connectivity index (χ0) is 12.6. The molecule has 0 aromatic rings. The number of aliphatic carboxylic acids is 1. The van der Waals surface area contributed by atoms with Crippen molar-refractivity contribution in [3.05, 3.63) is 0 Å². The van der Waals surface area contributed by atoms with Crippen molar-refractivity contribution in [3.8, 4) is 0 Å². The van der Waals surface area contributed by atoms with Crippen molar-refractivity contribution in [2.45, 2.75) is 38.6 Å². The largest absolute Gasteiger partial charge is 0.480 e. The fourth-order valence-corrected chi connectivity index (χ4v) is 1.72. The molecule has 1 atom stereocenters. The molecule has 1 unspecified atom stereocenters. The van der Waals surface area contributed by atoms with Crippen molar-refractivity contribution in [3.63, 3.8) is 0 Å². The summed E-state index contributed by atoms with van der Waals surface area (Å²) in [5, 5.41) is 9.13. The van der Waals surface area contributed by atoms with Gasteiger partial charge in [0.25, 0.3) is 0 Å². The van der Waals surface area contributed by atoms with E-state index in [1.165, 1.54) is 0 Å². The lowest BCUT2D eigenvalue weighted by Gasteiger charge is -2.25. The van der Waals surface area contributed by atoms with Gasteiger partial charge in [0, 0.05) is 0 Å². The highest BCUT2D eigenvalue weighted by atomic mass is 16.4. The Bertz CT molecular complexity index is 195. The van der Waals surface area contributed by atoms with Gasteiger partial charge in [-0.15, -0.1) is 0 Å². The topological polar surface area (TPSA) is 43.8 Å². The molecule has 0 amide bonds. The Kier molecular flexibility index (Phi) is 8.21. The Morgan fingerprint density at radius 3 is 2.25 bits per heavy atom. The van der Waals surface area contributed by atoms with Crippen molar-refractivity contribution in [2.24, 2.45) is 0 Å². The molecular weight excluding hydrogens is 204 g/mol. The number of carbonyl (C=O) groups is 1. The van der Waals surface area contributed by atoms with Crippen LogP contribution in [-0.4, -0.2) is 61.2 Å². The van der Waals surface area contributed by atoms with E-state index in [4.69, 9.17) is 5.11 Å². The van der Waals surface area contributed by atoms with Gasteiger partial charge in [-0.3, -0.25) is 9.69 Å². The van der Waals surface area contributed by atoms with E-state index in [-0.39, 0.29) is 6.04 Å². The second-order valence-electron chi connectivity index (χ2n) is 4.63. The molecule has 0 rings (SSSR count). The molecule has 0 aliphatic rings. The van der Waals surface area contributed by atoms with Crippen LogP contribution in [0.4, 0.5) is 0 Å². The third kappa shape index (κ3) is 6.80. The maximum atomic E-state index is 11.1. The van der Waals surface area contributed by atoms with E-state index in [1.807, 2.05) is 26.0 Å². The van der Waals surface area contributed by atoms with Crippen LogP contribution < -0.4 is 0 Å². The Morgan fingerprint density at radius 1 is 1.19 bits per heavy atom. The number of rotatable bonds is 9. The molecule has 16 heavy (non-hydrogen) atoms. The lowest BCUT2D eigenvalue weighted by Crippen LogP contribution is -2.39. The summed E-state index contributed by atoms with van der Waals surface area (Å²) in [5.41, 5.74) is 0. The molecule has 0 aromatic heterocycles. The van der Waals surface area contributed by atoms with Crippen molar-refractivity contribution >= 4 is 5.97 Å². The Balaban J connectivity index is 3.96. The lowest BCUT2D eigenvalue weighted by molar-refractivity contribution is -0.143. The van der Waals surface area contributed by atoms with Gasteiger partial charge in [0.2, 0.25) is 0 Å². The van der Waals surface area contributed by atoms with Crippen molar-refractivity contribution in [1.82, 2.24) is 9.80 Å². The summed E-state index contributed by atoms with van der Waals surface area (Å²) in [6.07, 6.45) is 3.80. The van der Waals surface area contributed by atoms with Crippen LogP contribution in [0.1, 0.15) is 32.6 Å². The molecule has 0 saturated heterocycles. The molecule has 0 aliphatic heterocycles. The summed E-state index contributed by atoms with van der Waals surface area (Å²) in [6, 6.07) is -0.317. The molecule has 1 N–H and O–H groups in total. The van der Waals surface area contributed by atoms with E-state index in [0.717, 1.165) is 38.8 Å². The van der Waals surface area contributed by atoms with Gasteiger partial charge in [-0.1, -0.05) is 19.8 Å². The minimum atomic E-state index is -0.694. The molecule has 96 valence electrons. The molecule has 0 fully saturated rings. The van der Waals surface area contributed by atoms with Gasteiger partial charge in [-0.25, -0.2) is 0 Å². The average molecular weight is 230 g/mol. The zero-order valence-corrected chi connectivity index (χ0v) is 11.1. The zero-order valence-electron chi connectivity index (χ0n) is 11.1. The molecule has 0 aromatic carbocycles. The maximum Gasteiger partial charge on any atom is 0.320 e. The molecule has 0 radical (unpaired) electrons. The van der Waals surface area contributed by atoms with E-state index < -0.39 is 5.97 Å². The van der Waals surface area contributed by atoms with Crippen LogP contribution in [-0.2, 0) is 4.79 Å². The quantitative estimate of drug-likeness (QED) is 0.652. The monoisotopic (exact) mass is 230 g/mol. The van der Waals surface area contributed by atoms with Crippen molar-refractivity contribution < 1.29 is 9.90 Å². The van der Waals surface area contributed by atoms with Gasteiger partial charge in [-0.05, 0) is 47.1 Å². The molecular formula is C12H26N2O2. The first-order valence-corrected chi connectivity index (χ1v) is 6.06. The summed E-state index contributed by atoms with van der Waals surface area (Å²) in [4.78, 5) is 15.2. The second-order valence-corrected chi connectivity index (χ2v) is 4.63. The Morgan fingerprint density at radius 2 is 1.81 bits per heavy atom. The predicted octanol–water partition coefficient (Wildman–Crippen LogP) is 1.51. The normalized spacial score (nSPS) is 13.4. The van der Waals surface area contributed by atoms with Gasteiger partial charge in [0.1, 0.15) is 6.04 Å². The first-order valence-electron chi connectivity index (χ1n) is 6.06. The highest BCUT2D eigenvalue weighted by Gasteiger charge is 2.21. The molecule has 0 heterocycles. The first kappa shape index (κ1) is 15.4. The number of hydrogen-bond donors (Lipinski definition) is 1. The number of unbranched alkanes of at least 4 members (excludes halogenated alkanes) is 1. The van der Waals surface area contributed by atoms with E-state index in [1.54, 1.807) is 0 Å². The van der Waals surface area contributed by atoms with E-state index in [9.17, 15) is 4.79 Å². The molecule has 4 heteroatoms. The number of carboxylic acids is 1. The molecule has 4 nitrogen and oxygen atoms in total. The lowest BCUT2D eigenvalue weighted by atomic mass is 10.1. The average Bonchev–Trinajstić information content (AvgIpc) is 2.17. The van der Waals surface area contributed by atoms with E-state index >= 15 is 0 Å². The predicted molar refractivity (Wildman–Crippen MR) is 66.7 cm³/mol. The van der Waals surface area contributed by atoms with Gasteiger partial charge in [-0.2, -0.15) is 0 Å². The van der Waals surface area contributed by atoms with Crippen LogP contribution in [0.3, 0.4) is 0 Å². The summed E-state index contributed by atoms with van der Waals surface area (Å²) >= 11 is 0. The fourth-order valence-electron chi connectivity index (χ4n) is 1.72. The summed E-state index contributed by atoms with van der Waals surface area (Å²) < 4.78 is 0. The number of hydrogen-bond acceptors (Lipinski definition) is 3. The number of likely N-dealkylation sites (N-methyl/N-ethyl adjacent to an activating group) is 1. The Hall–Kier alpha value is -0.610. The molecule has 0 spiro atoms. The maximum absolute atomic E-state index is 11.1. The van der Waals surface area contributed by atoms with Gasteiger partial charge >= 0.3 is 5.97 Å². The first-order chi connectivity index (χ1) is 7.49. The molecule has 0 bridgehead atoms. The van der Waals surface area contributed by atoms with E-state index in [2.05, 4.69) is 11.8 Å². The summed E-state index contributed by atoms with van der Waals surface area (Å²) in [7, 11) is 5.97. The summed E-state index contributed by atoms with van der Waals surface area (Å²) in [5.74, 6) is -0.694. The van der Waals surface area contributed by atoms with Crippen LogP contribution in [0.5, 0.6) is 0 Å². The highest BCUT2D eigenvalue weighted by Crippen LogP contribution is 2.08. The second kappa shape index (κ2) is 8.53. The SMILES string of the molecule is CCCCC(C(=O)O)N(C)CCCN(C)C. The van der Waals surface area contributed by atoms with Crippen LogP contribution >= 0.6 is 0 Å². The van der Waals surface area contributed by atoms with Crippen molar-refractivity contribution in [1.29, 1.82) is 0 Å². The standard InChI is InChI=1S/C12H26N2O2/c1-5-6-8-11(12(15)16)14(4)10-7-9-13(2)3/h11H,5-10H2,1-4H3,(H,15,16). The van der Waals surface area contributed by atoms with Crippen LogP contribution in [0.25, 0.3) is 0 Å². The van der Waals surface area contributed by atoms with E-state index in [0.29, 0.717) is 0 Å². The smallest absolute Gasteiger partial charge is 0.320 e. The number of nitrogens with zero attached hydrogens (tertiary/aromatic N) is 2. The van der Waals surface area contributed by atoms with Crippen LogP contribution in [0.15, 0.2) is 0 Å². The fraction of sp³-hybridized carbons (Fsp3) is 0.917. The third-order valence-corrected chi connectivity index (χ3v) is 2.76. The number of carboxylic acid groups (broad SMARTS) is 1. The van der Waals surface area contributed by atoms with Gasteiger partial charge < -0.3 is 10.0 Å². The highest BCUT2D eigenvalue weighted by molar-refractivity contribution is 5.73. The van der Waals surface area contributed by atoms with Crippen molar-refractivity contribution in [2.75, 3.05) is 34.2 Å². The minimum Gasteiger partial charge on any atom is -0.480 e. The van der Waals surface area contributed by atoms with Gasteiger partial charge in [0.15, 0.2) is 0 Å². The molecule has 0 aliphatic carbocycles. The summed E-state index contributed by atoms with van der Waals surface area (Å²) in [6.45, 7) is 3.94. The van der Waals surface area contributed by atoms with Gasteiger partial charge in [0.05, 0.1) is 0 Å². The third-order valence-electron chi connectivity index (χ3n) is 2.76. The minimum absolute atomic E-state index is 0.317. The Labute approximate surface area is 99.2 Å². The molecule has 0 saturated carbocycles. The van der Waals surface area contributed by atoms with Crippen LogP contribution in [0, 0.1) is 0 Å². The van der Waals surface area contributed by atoms with Crippen LogP contribution in [0.2, 0.25) is 0 Å².